The molecule has 1 aliphatic rings. The molecule has 0 saturated heterocycles. The molecule has 7 nitrogen and oxygen atoms in total. The molecule has 3 aromatic rings. The van der Waals surface area contributed by atoms with E-state index >= 15 is 0 Å². The molecule has 0 spiro atoms. The monoisotopic (exact) mass is 437 g/mol. The molecule has 4 rings (SSSR count). The van der Waals surface area contributed by atoms with Crippen molar-refractivity contribution in [2.45, 2.75) is 6.36 Å². The number of fused-ring (bicyclic) bond motifs is 1. The number of rotatable bonds is 5. The van der Waals surface area contributed by atoms with Gasteiger partial charge in [0, 0.05) is 22.8 Å². The van der Waals surface area contributed by atoms with Crippen molar-refractivity contribution in [2.75, 3.05) is 23.8 Å². The van der Waals surface area contributed by atoms with Crippen molar-refractivity contribution in [3.63, 3.8) is 0 Å². The highest BCUT2D eigenvalue weighted by molar-refractivity contribution is 7.14. The van der Waals surface area contributed by atoms with E-state index in [4.69, 9.17) is 9.47 Å². The fraction of sp³-hybridized carbons (Fsp3) is 0.158. The maximum absolute atomic E-state index is 12.4. The number of hydrogen-bond acceptors (Lipinski definition) is 7. The van der Waals surface area contributed by atoms with Gasteiger partial charge in [-0.1, -0.05) is 0 Å². The van der Waals surface area contributed by atoms with Crippen molar-refractivity contribution >= 4 is 33.8 Å². The quantitative estimate of drug-likeness (QED) is 0.596. The summed E-state index contributed by atoms with van der Waals surface area (Å²) in [5.41, 5.74) is 1.22. The average molecular weight is 437 g/mol. The van der Waals surface area contributed by atoms with Crippen molar-refractivity contribution in [3.8, 4) is 17.2 Å². The third-order valence-corrected chi connectivity index (χ3v) is 4.63. The third kappa shape index (κ3) is 4.92. The van der Waals surface area contributed by atoms with Crippen LogP contribution in [-0.4, -0.2) is 30.5 Å². The summed E-state index contributed by atoms with van der Waals surface area (Å²) in [5, 5.41) is 7.64. The predicted molar refractivity (Wildman–Crippen MR) is 104 cm³/mol. The number of alkyl halides is 3. The van der Waals surface area contributed by atoms with Gasteiger partial charge in [-0.25, -0.2) is 4.98 Å². The summed E-state index contributed by atoms with van der Waals surface area (Å²) in [6, 6.07) is 10.3. The smallest absolute Gasteiger partial charge is 0.486 e. The van der Waals surface area contributed by atoms with Crippen molar-refractivity contribution in [1.29, 1.82) is 0 Å². The number of anilines is 3. The van der Waals surface area contributed by atoms with Gasteiger partial charge < -0.3 is 24.8 Å². The van der Waals surface area contributed by atoms with Gasteiger partial charge in [0.25, 0.3) is 5.91 Å². The lowest BCUT2D eigenvalue weighted by Crippen LogP contribution is -2.17. The zero-order valence-corrected chi connectivity index (χ0v) is 16.0. The van der Waals surface area contributed by atoms with Gasteiger partial charge in [0.1, 0.15) is 24.7 Å². The number of hydrogen-bond donors (Lipinski definition) is 2. The summed E-state index contributed by atoms with van der Waals surface area (Å²) < 4.78 is 51.4. The minimum atomic E-state index is -4.75. The molecular weight excluding hydrogens is 423 g/mol. The molecule has 0 bridgehead atoms. The second-order valence-electron chi connectivity index (χ2n) is 6.05. The number of aromatic nitrogens is 1. The Labute approximate surface area is 172 Å². The van der Waals surface area contributed by atoms with Crippen molar-refractivity contribution in [2.24, 2.45) is 0 Å². The summed E-state index contributed by atoms with van der Waals surface area (Å²) in [6.07, 6.45) is -4.75. The third-order valence-electron chi connectivity index (χ3n) is 3.88. The number of thiazole rings is 1. The van der Waals surface area contributed by atoms with E-state index in [1.807, 2.05) is 0 Å². The van der Waals surface area contributed by atoms with E-state index in [2.05, 4.69) is 20.4 Å². The van der Waals surface area contributed by atoms with Crippen LogP contribution in [0.5, 0.6) is 17.2 Å². The van der Waals surface area contributed by atoms with E-state index in [1.54, 1.807) is 23.6 Å². The molecule has 2 heterocycles. The Kier molecular flexibility index (Phi) is 5.36. The molecule has 156 valence electrons. The summed E-state index contributed by atoms with van der Waals surface area (Å²) in [7, 11) is 0. The average Bonchev–Trinajstić information content (AvgIpc) is 3.17. The van der Waals surface area contributed by atoms with Crippen LogP contribution in [0.1, 0.15) is 10.5 Å². The minimum Gasteiger partial charge on any atom is -0.486 e. The van der Waals surface area contributed by atoms with Crippen LogP contribution < -0.4 is 24.8 Å². The molecule has 0 atom stereocenters. The molecule has 0 unspecified atom stereocenters. The molecule has 0 radical (unpaired) electrons. The lowest BCUT2D eigenvalue weighted by Gasteiger charge is -2.18. The Hall–Kier alpha value is -3.47. The molecule has 2 aromatic carbocycles. The molecule has 1 aliphatic heterocycles. The first-order valence-corrected chi connectivity index (χ1v) is 9.53. The fourth-order valence-corrected chi connectivity index (χ4v) is 3.33. The first-order valence-electron chi connectivity index (χ1n) is 8.65. The first-order chi connectivity index (χ1) is 14.4. The lowest BCUT2D eigenvalue weighted by atomic mass is 10.2. The normalized spacial score (nSPS) is 12.9. The largest absolute Gasteiger partial charge is 0.573 e. The van der Waals surface area contributed by atoms with Crippen LogP contribution in [0.2, 0.25) is 0 Å². The number of nitrogens with zero attached hydrogens (tertiary/aromatic N) is 1. The van der Waals surface area contributed by atoms with Crippen LogP contribution >= 0.6 is 11.3 Å². The Balaban J connectivity index is 1.38. The van der Waals surface area contributed by atoms with E-state index in [9.17, 15) is 18.0 Å². The van der Waals surface area contributed by atoms with E-state index in [1.165, 1.54) is 35.6 Å². The van der Waals surface area contributed by atoms with Crippen LogP contribution in [0.3, 0.4) is 0 Å². The van der Waals surface area contributed by atoms with Gasteiger partial charge >= 0.3 is 6.36 Å². The van der Waals surface area contributed by atoms with E-state index < -0.39 is 12.3 Å². The summed E-state index contributed by atoms with van der Waals surface area (Å²) in [4.78, 5) is 16.6. The fourth-order valence-electron chi connectivity index (χ4n) is 2.62. The van der Waals surface area contributed by atoms with Gasteiger partial charge in [0.15, 0.2) is 16.6 Å². The Morgan fingerprint density at radius 1 is 1.03 bits per heavy atom. The first kappa shape index (κ1) is 19.8. The molecule has 1 aromatic heterocycles. The Bertz CT molecular complexity index is 1050. The molecule has 0 aliphatic carbocycles. The van der Waals surface area contributed by atoms with Crippen molar-refractivity contribution in [3.05, 3.63) is 53.5 Å². The standard InChI is InChI=1S/C19H14F3N3O4S/c20-19(21,22)29-13-4-1-11(2-5-13)24-18-25-14(10-30-18)17(26)23-12-3-6-15-16(9-12)28-8-7-27-15/h1-6,9-10H,7-8H2,(H,23,26)(H,24,25). The number of amides is 1. The number of benzene rings is 2. The van der Waals surface area contributed by atoms with Gasteiger partial charge in [-0.3, -0.25) is 4.79 Å². The summed E-state index contributed by atoms with van der Waals surface area (Å²) in [6.45, 7) is 0.917. The predicted octanol–water partition coefficient (Wildman–Crippen LogP) is 4.81. The molecule has 11 heteroatoms. The number of carbonyl (C=O) groups excluding carboxylic acids is 1. The zero-order chi connectivity index (χ0) is 21.1. The Morgan fingerprint density at radius 3 is 2.47 bits per heavy atom. The number of halogens is 3. The zero-order valence-electron chi connectivity index (χ0n) is 15.2. The number of ether oxygens (including phenoxy) is 3. The summed E-state index contributed by atoms with van der Waals surface area (Å²) >= 11 is 1.18. The lowest BCUT2D eigenvalue weighted by molar-refractivity contribution is -0.274. The van der Waals surface area contributed by atoms with E-state index in [0.717, 1.165) is 0 Å². The van der Waals surface area contributed by atoms with Crippen molar-refractivity contribution in [1.82, 2.24) is 4.98 Å². The number of carbonyl (C=O) groups is 1. The molecule has 0 saturated carbocycles. The highest BCUT2D eigenvalue weighted by atomic mass is 32.1. The van der Waals surface area contributed by atoms with Gasteiger partial charge in [-0.05, 0) is 36.4 Å². The SMILES string of the molecule is O=C(Nc1ccc2c(c1)OCCO2)c1csc(Nc2ccc(OC(F)(F)F)cc2)n1. The topological polar surface area (TPSA) is 81.7 Å². The maximum atomic E-state index is 12.4. The van der Waals surface area contributed by atoms with Crippen LogP contribution in [0.25, 0.3) is 0 Å². The van der Waals surface area contributed by atoms with Crippen LogP contribution in [0.4, 0.5) is 29.7 Å². The second-order valence-corrected chi connectivity index (χ2v) is 6.91. The van der Waals surface area contributed by atoms with Crippen LogP contribution in [-0.2, 0) is 0 Å². The van der Waals surface area contributed by atoms with Crippen LogP contribution in [0, 0.1) is 0 Å². The highest BCUT2D eigenvalue weighted by Gasteiger charge is 2.31. The van der Waals surface area contributed by atoms with Crippen LogP contribution in [0.15, 0.2) is 47.8 Å². The Morgan fingerprint density at radius 2 is 1.73 bits per heavy atom. The van der Waals surface area contributed by atoms with Gasteiger partial charge in [-0.2, -0.15) is 0 Å². The molecule has 0 fully saturated rings. The van der Waals surface area contributed by atoms with Crippen molar-refractivity contribution < 1.29 is 32.2 Å². The molecule has 30 heavy (non-hydrogen) atoms. The summed E-state index contributed by atoms with van der Waals surface area (Å²) in [5.74, 6) is 0.431. The van der Waals surface area contributed by atoms with Gasteiger partial charge in [0.05, 0.1) is 0 Å². The molecule has 1 amide bonds. The second kappa shape index (κ2) is 8.11. The highest BCUT2D eigenvalue weighted by Crippen LogP contribution is 2.33. The van der Waals surface area contributed by atoms with Gasteiger partial charge in [-0.15, -0.1) is 24.5 Å². The van der Waals surface area contributed by atoms with E-state index in [-0.39, 0.29) is 11.4 Å². The van der Waals surface area contributed by atoms with Gasteiger partial charge in [0.2, 0.25) is 0 Å². The molecule has 2 N–H and O–H groups in total. The minimum absolute atomic E-state index is 0.189. The van der Waals surface area contributed by atoms with E-state index in [0.29, 0.717) is 41.2 Å². The maximum Gasteiger partial charge on any atom is 0.573 e. The number of nitrogens with one attached hydrogen (secondary N) is 2. The molecular formula is C19H14F3N3O4S.